The van der Waals surface area contributed by atoms with Crippen LogP contribution in [0.5, 0.6) is 0 Å². The van der Waals surface area contributed by atoms with Crippen LogP contribution >= 0.6 is 0 Å². The highest BCUT2D eigenvalue weighted by atomic mass is 32.2. The standard InChI is InChI=1S/C12H17N5O2S/c1-8(9-5-6-9)16-20(18,19)12-11(15-13)14-10-4-2-3-7-17(10)12/h2-4,7-9,15-16H,5-6,13H2,1H3. The first kappa shape index (κ1) is 13.3. The number of nitrogens with zero attached hydrogens (tertiary/aromatic N) is 2. The summed E-state index contributed by atoms with van der Waals surface area (Å²) in [5.41, 5.74) is 2.89. The fourth-order valence-corrected chi connectivity index (χ4v) is 3.88. The zero-order chi connectivity index (χ0) is 14.3. The summed E-state index contributed by atoms with van der Waals surface area (Å²) in [5, 5.41) is 0.0445. The fourth-order valence-electron chi connectivity index (χ4n) is 2.32. The first-order valence-electron chi connectivity index (χ1n) is 6.49. The Labute approximate surface area is 117 Å². The van der Waals surface area contributed by atoms with Crippen LogP contribution in [0.15, 0.2) is 29.4 Å². The molecule has 108 valence electrons. The molecule has 0 amide bonds. The molecular formula is C12H17N5O2S. The lowest BCUT2D eigenvalue weighted by molar-refractivity contribution is 0.535. The molecule has 1 aliphatic carbocycles. The molecule has 2 aromatic rings. The van der Waals surface area contributed by atoms with E-state index < -0.39 is 10.0 Å². The van der Waals surface area contributed by atoms with Crippen molar-refractivity contribution in [2.75, 3.05) is 5.43 Å². The summed E-state index contributed by atoms with van der Waals surface area (Å²) in [6.45, 7) is 1.88. The maximum Gasteiger partial charge on any atom is 0.260 e. The lowest BCUT2D eigenvalue weighted by atomic mass is 10.2. The zero-order valence-corrected chi connectivity index (χ0v) is 11.9. The normalized spacial score (nSPS) is 17.3. The van der Waals surface area contributed by atoms with Gasteiger partial charge in [0.05, 0.1) is 0 Å². The number of hydrogen-bond acceptors (Lipinski definition) is 5. The Kier molecular flexibility index (Phi) is 3.15. The Hall–Kier alpha value is -1.64. The average Bonchev–Trinajstić information content (AvgIpc) is 3.17. The smallest absolute Gasteiger partial charge is 0.260 e. The van der Waals surface area contributed by atoms with Gasteiger partial charge in [0.1, 0.15) is 5.65 Å². The minimum absolute atomic E-state index is 0.0445. The molecule has 1 fully saturated rings. The Morgan fingerprint density at radius 2 is 2.20 bits per heavy atom. The van der Waals surface area contributed by atoms with E-state index >= 15 is 0 Å². The van der Waals surface area contributed by atoms with Crippen molar-refractivity contribution in [2.24, 2.45) is 11.8 Å². The molecule has 4 N–H and O–H groups in total. The van der Waals surface area contributed by atoms with Crippen LogP contribution in [0.2, 0.25) is 0 Å². The van der Waals surface area contributed by atoms with Gasteiger partial charge in [0, 0.05) is 12.2 Å². The van der Waals surface area contributed by atoms with E-state index in [1.54, 1.807) is 24.4 Å². The van der Waals surface area contributed by atoms with Gasteiger partial charge in [-0.2, -0.15) is 0 Å². The van der Waals surface area contributed by atoms with E-state index in [1.807, 2.05) is 6.92 Å². The van der Waals surface area contributed by atoms with Gasteiger partial charge in [0.15, 0.2) is 10.8 Å². The predicted molar refractivity (Wildman–Crippen MR) is 75.5 cm³/mol. The van der Waals surface area contributed by atoms with Crippen LogP contribution in [0, 0.1) is 5.92 Å². The van der Waals surface area contributed by atoms with Crippen LogP contribution in [0.3, 0.4) is 0 Å². The lowest BCUT2D eigenvalue weighted by Gasteiger charge is -2.13. The summed E-state index contributed by atoms with van der Waals surface area (Å²) < 4.78 is 29.3. The van der Waals surface area contributed by atoms with Crippen LogP contribution in [-0.2, 0) is 10.0 Å². The highest BCUT2D eigenvalue weighted by Crippen LogP contribution is 2.33. The zero-order valence-electron chi connectivity index (χ0n) is 11.1. The number of imidazole rings is 1. The number of hydrazine groups is 1. The van der Waals surface area contributed by atoms with Crippen molar-refractivity contribution in [3.8, 4) is 0 Å². The first-order valence-corrected chi connectivity index (χ1v) is 7.97. The summed E-state index contributed by atoms with van der Waals surface area (Å²) in [6, 6.07) is 5.18. The number of hydrogen-bond donors (Lipinski definition) is 3. The molecule has 3 rings (SSSR count). The van der Waals surface area contributed by atoms with E-state index in [0.29, 0.717) is 11.6 Å². The average molecular weight is 295 g/mol. The summed E-state index contributed by atoms with van der Waals surface area (Å²) >= 11 is 0. The van der Waals surface area contributed by atoms with Crippen molar-refractivity contribution >= 4 is 21.5 Å². The topological polar surface area (TPSA) is 102 Å². The van der Waals surface area contributed by atoms with Gasteiger partial charge in [-0.3, -0.25) is 4.40 Å². The predicted octanol–water partition coefficient (Wildman–Crippen LogP) is 0.697. The van der Waals surface area contributed by atoms with Crippen molar-refractivity contribution < 1.29 is 8.42 Å². The van der Waals surface area contributed by atoms with Crippen LogP contribution in [0.25, 0.3) is 5.65 Å². The van der Waals surface area contributed by atoms with E-state index in [2.05, 4.69) is 15.1 Å². The molecule has 0 bridgehead atoms. The summed E-state index contributed by atoms with van der Waals surface area (Å²) in [7, 11) is -3.68. The van der Waals surface area contributed by atoms with Gasteiger partial charge >= 0.3 is 0 Å². The summed E-state index contributed by atoms with van der Waals surface area (Å²) in [6.07, 6.45) is 3.79. The highest BCUT2D eigenvalue weighted by molar-refractivity contribution is 7.89. The van der Waals surface area contributed by atoms with E-state index in [4.69, 9.17) is 5.84 Å². The van der Waals surface area contributed by atoms with Crippen LogP contribution < -0.4 is 16.0 Å². The van der Waals surface area contributed by atoms with Gasteiger partial charge in [-0.05, 0) is 37.8 Å². The van der Waals surface area contributed by atoms with Crippen LogP contribution in [-0.4, -0.2) is 23.8 Å². The number of rotatable bonds is 5. The van der Waals surface area contributed by atoms with Gasteiger partial charge in [0.25, 0.3) is 10.0 Å². The summed E-state index contributed by atoms with van der Waals surface area (Å²) in [5.74, 6) is 5.97. The van der Waals surface area contributed by atoms with Crippen LogP contribution in [0.1, 0.15) is 19.8 Å². The molecule has 2 heterocycles. The largest absolute Gasteiger partial charge is 0.306 e. The minimum atomic E-state index is -3.68. The molecule has 1 saturated carbocycles. The minimum Gasteiger partial charge on any atom is -0.306 e. The molecule has 0 radical (unpaired) electrons. The number of sulfonamides is 1. The number of nitrogens with one attached hydrogen (secondary N) is 2. The molecule has 0 aliphatic heterocycles. The first-order chi connectivity index (χ1) is 9.53. The van der Waals surface area contributed by atoms with E-state index in [0.717, 1.165) is 12.8 Å². The van der Waals surface area contributed by atoms with Crippen molar-refractivity contribution in [1.82, 2.24) is 14.1 Å². The second kappa shape index (κ2) is 4.72. The quantitative estimate of drug-likeness (QED) is 0.556. The Morgan fingerprint density at radius 1 is 1.45 bits per heavy atom. The highest BCUT2D eigenvalue weighted by Gasteiger charge is 2.33. The molecule has 1 atom stereocenters. The van der Waals surface area contributed by atoms with Gasteiger partial charge in [-0.15, -0.1) is 0 Å². The third-order valence-corrected chi connectivity index (χ3v) is 5.13. The molecule has 0 saturated heterocycles. The van der Waals surface area contributed by atoms with E-state index in [9.17, 15) is 8.42 Å². The van der Waals surface area contributed by atoms with Crippen molar-refractivity contribution in [2.45, 2.75) is 30.8 Å². The molecular weight excluding hydrogens is 278 g/mol. The van der Waals surface area contributed by atoms with Gasteiger partial charge in [-0.1, -0.05) is 6.07 Å². The van der Waals surface area contributed by atoms with Crippen molar-refractivity contribution in [1.29, 1.82) is 0 Å². The maximum absolute atomic E-state index is 12.6. The van der Waals surface area contributed by atoms with E-state index in [-0.39, 0.29) is 16.9 Å². The van der Waals surface area contributed by atoms with Gasteiger partial charge < -0.3 is 5.43 Å². The molecule has 7 nitrogen and oxygen atoms in total. The molecule has 8 heteroatoms. The Bertz CT molecular complexity index is 735. The molecule has 0 spiro atoms. The molecule has 1 unspecified atom stereocenters. The van der Waals surface area contributed by atoms with Crippen LogP contribution in [0.4, 0.5) is 5.82 Å². The van der Waals surface area contributed by atoms with Gasteiger partial charge in [0.2, 0.25) is 0 Å². The molecule has 20 heavy (non-hydrogen) atoms. The Balaban J connectivity index is 2.07. The number of nitrogens with two attached hydrogens (primary N) is 1. The second-order valence-electron chi connectivity index (χ2n) is 5.09. The third-order valence-electron chi connectivity index (χ3n) is 3.55. The SMILES string of the molecule is CC(NS(=O)(=O)c1c(NN)nc2ccccn12)C1CC1. The number of anilines is 1. The monoisotopic (exact) mass is 295 g/mol. The van der Waals surface area contributed by atoms with Crippen molar-refractivity contribution in [3.05, 3.63) is 24.4 Å². The molecule has 1 aliphatic rings. The van der Waals surface area contributed by atoms with Crippen molar-refractivity contribution in [3.63, 3.8) is 0 Å². The fraction of sp³-hybridized carbons (Fsp3) is 0.417. The molecule has 2 aromatic heterocycles. The second-order valence-corrected chi connectivity index (χ2v) is 6.72. The number of pyridine rings is 1. The maximum atomic E-state index is 12.6. The third kappa shape index (κ3) is 2.26. The van der Waals surface area contributed by atoms with E-state index in [1.165, 1.54) is 4.40 Å². The number of fused-ring (bicyclic) bond motifs is 1. The summed E-state index contributed by atoms with van der Waals surface area (Å²) in [4.78, 5) is 4.17. The number of nitrogen functional groups attached to an aromatic ring is 1. The molecule has 0 aromatic carbocycles. The Morgan fingerprint density at radius 3 is 2.85 bits per heavy atom. The lowest BCUT2D eigenvalue weighted by Crippen LogP contribution is -2.35. The van der Waals surface area contributed by atoms with Gasteiger partial charge in [-0.25, -0.2) is 24.0 Å². The number of aromatic nitrogens is 2.